The Morgan fingerprint density at radius 3 is 2.56 bits per heavy atom. The lowest BCUT2D eigenvalue weighted by molar-refractivity contribution is 0.0592. The zero-order valence-corrected chi connectivity index (χ0v) is 20.1. The van der Waals surface area contributed by atoms with E-state index in [1.807, 2.05) is 47.7 Å². The quantitative estimate of drug-likeness (QED) is 0.297. The second-order valence-corrected chi connectivity index (χ2v) is 8.72. The second kappa shape index (κ2) is 9.59. The number of aromatic nitrogens is 3. The van der Waals surface area contributed by atoms with Crippen LogP contribution in [0.3, 0.4) is 0 Å². The van der Waals surface area contributed by atoms with Gasteiger partial charge < -0.3 is 19.9 Å². The highest BCUT2D eigenvalue weighted by Crippen LogP contribution is 2.36. The smallest absolute Gasteiger partial charge is 0.362 e. The van der Waals surface area contributed by atoms with E-state index in [2.05, 4.69) is 25.0 Å². The molecule has 8 nitrogen and oxygen atoms in total. The van der Waals surface area contributed by atoms with Gasteiger partial charge in [0, 0.05) is 23.7 Å². The van der Waals surface area contributed by atoms with Crippen LogP contribution >= 0.6 is 11.3 Å². The molecular weight excluding hydrogens is 481 g/mol. The fourth-order valence-electron chi connectivity index (χ4n) is 3.73. The summed E-state index contributed by atoms with van der Waals surface area (Å²) in [6, 6.07) is 19.4. The Balaban J connectivity index is 1.60. The van der Waals surface area contributed by atoms with Crippen molar-refractivity contribution in [2.45, 2.75) is 0 Å². The van der Waals surface area contributed by atoms with Gasteiger partial charge in [0.1, 0.15) is 5.82 Å². The number of para-hydroxylation sites is 1. The van der Waals surface area contributed by atoms with Gasteiger partial charge >= 0.3 is 5.97 Å². The molecule has 0 atom stereocenters. The van der Waals surface area contributed by atoms with Gasteiger partial charge in [0.05, 0.1) is 35.2 Å². The zero-order chi connectivity index (χ0) is 25.2. The number of carbonyl (C=O) groups is 1. The maximum atomic E-state index is 13.3. The van der Waals surface area contributed by atoms with Crippen molar-refractivity contribution in [2.24, 2.45) is 0 Å². The third-order valence-corrected chi connectivity index (χ3v) is 6.34. The van der Waals surface area contributed by atoms with Crippen LogP contribution < -0.4 is 15.8 Å². The normalized spacial score (nSPS) is 10.9. The number of fused-ring (bicyclic) bond motifs is 1. The SMILES string of the molecule is COC(=O)c1nc2cc(N(C)c3ccccc3)c(Nc3nc(-c4ccc(F)cc4)cs3)cc2[nH]c1=O. The number of rotatable bonds is 6. The van der Waals surface area contributed by atoms with E-state index in [1.54, 1.807) is 24.3 Å². The number of carbonyl (C=O) groups excluding carboxylic acids is 1. The molecule has 0 spiro atoms. The Bertz CT molecular complexity index is 1620. The maximum absolute atomic E-state index is 13.3. The number of halogens is 1. The number of aromatic amines is 1. The van der Waals surface area contributed by atoms with Crippen molar-refractivity contribution in [2.75, 3.05) is 24.4 Å². The minimum atomic E-state index is -0.811. The number of H-pyrrole nitrogens is 1. The van der Waals surface area contributed by atoms with Gasteiger partial charge in [-0.25, -0.2) is 19.2 Å². The number of benzene rings is 3. The molecule has 0 aliphatic carbocycles. The first-order valence-corrected chi connectivity index (χ1v) is 11.7. The molecule has 36 heavy (non-hydrogen) atoms. The predicted molar refractivity (Wildman–Crippen MR) is 139 cm³/mol. The van der Waals surface area contributed by atoms with E-state index >= 15 is 0 Å². The van der Waals surface area contributed by atoms with Gasteiger partial charge in [-0.2, -0.15) is 0 Å². The molecule has 180 valence electrons. The van der Waals surface area contributed by atoms with Crippen LogP contribution in [0.25, 0.3) is 22.3 Å². The molecule has 0 radical (unpaired) electrons. The largest absolute Gasteiger partial charge is 0.464 e. The molecule has 2 N–H and O–H groups in total. The average molecular weight is 502 g/mol. The molecule has 3 aromatic carbocycles. The zero-order valence-electron chi connectivity index (χ0n) is 19.3. The minimum Gasteiger partial charge on any atom is -0.464 e. The van der Waals surface area contributed by atoms with Crippen molar-refractivity contribution < 1.29 is 13.9 Å². The monoisotopic (exact) mass is 501 g/mol. The summed E-state index contributed by atoms with van der Waals surface area (Å²) in [5, 5.41) is 5.82. The second-order valence-electron chi connectivity index (χ2n) is 7.86. The van der Waals surface area contributed by atoms with Gasteiger partial charge in [-0.3, -0.25) is 4.79 Å². The van der Waals surface area contributed by atoms with E-state index in [0.717, 1.165) is 16.9 Å². The standard InChI is InChI=1S/C26H20FN5O3S/c1-32(17-6-4-3-5-7-17)22-13-19-18(29-24(33)23(28-19)25(34)35-2)12-20(22)30-26-31-21(14-36-26)15-8-10-16(27)11-9-15/h3-14H,1-2H3,(H,29,33)(H,30,31). The van der Waals surface area contributed by atoms with Crippen molar-refractivity contribution in [3.8, 4) is 11.3 Å². The summed E-state index contributed by atoms with van der Waals surface area (Å²) in [5.74, 6) is -1.12. The molecule has 0 amide bonds. The van der Waals surface area contributed by atoms with E-state index in [0.29, 0.717) is 27.5 Å². The molecule has 0 saturated carbocycles. The van der Waals surface area contributed by atoms with Gasteiger partial charge in [-0.05, 0) is 48.5 Å². The first-order chi connectivity index (χ1) is 17.4. The van der Waals surface area contributed by atoms with E-state index in [-0.39, 0.29) is 11.5 Å². The van der Waals surface area contributed by atoms with Crippen LogP contribution in [0.5, 0.6) is 0 Å². The Labute approximate surface area is 209 Å². The molecule has 0 aliphatic rings. The molecule has 2 aromatic heterocycles. The molecule has 0 bridgehead atoms. The van der Waals surface area contributed by atoms with Crippen LogP contribution in [0.4, 0.5) is 26.6 Å². The van der Waals surface area contributed by atoms with E-state index in [9.17, 15) is 14.0 Å². The molecule has 5 aromatic rings. The van der Waals surface area contributed by atoms with E-state index in [4.69, 9.17) is 0 Å². The number of ether oxygens (including phenoxy) is 1. The number of hydrogen-bond donors (Lipinski definition) is 2. The number of thiazole rings is 1. The Morgan fingerprint density at radius 1 is 1.08 bits per heavy atom. The molecule has 0 fully saturated rings. The molecule has 5 rings (SSSR count). The summed E-state index contributed by atoms with van der Waals surface area (Å²) < 4.78 is 18.0. The topological polar surface area (TPSA) is 100 Å². The molecule has 0 saturated heterocycles. The van der Waals surface area contributed by atoms with E-state index < -0.39 is 11.5 Å². The third-order valence-electron chi connectivity index (χ3n) is 5.58. The predicted octanol–water partition coefficient (Wildman–Crippen LogP) is 5.48. The molecule has 0 unspecified atom stereocenters. The number of methoxy groups -OCH3 is 1. The van der Waals surface area contributed by atoms with Crippen LogP contribution in [0, 0.1) is 5.82 Å². The van der Waals surface area contributed by atoms with Crippen LogP contribution in [0.15, 0.2) is 76.9 Å². The number of esters is 1. The molecular formula is C26H20FN5O3S. The van der Waals surface area contributed by atoms with Gasteiger partial charge in [0.2, 0.25) is 5.69 Å². The first kappa shape index (κ1) is 23.2. The Kier molecular flexibility index (Phi) is 6.17. The molecule has 10 heteroatoms. The maximum Gasteiger partial charge on any atom is 0.362 e. The van der Waals surface area contributed by atoms with Crippen molar-refractivity contribution in [3.05, 3.63) is 94.0 Å². The number of hydrogen-bond acceptors (Lipinski definition) is 8. The van der Waals surface area contributed by atoms with Crippen molar-refractivity contribution in [1.29, 1.82) is 0 Å². The highest BCUT2D eigenvalue weighted by molar-refractivity contribution is 7.14. The lowest BCUT2D eigenvalue weighted by Crippen LogP contribution is -2.21. The van der Waals surface area contributed by atoms with Gasteiger partial charge in [0.15, 0.2) is 5.13 Å². The summed E-state index contributed by atoms with van der Waals surface area (Å²) in [4.78, 5) is 38.0. The summed E-state index contributed by atoms with van der Waals surface area (Å²) in [5.41, 5.74) is 3.73. The lowest BCUT2D eigenvalue weighted by atomic mass is 10.2. The lowest BCUT2D eigenvalue weighted by Gasteiger charge is -2.23. The number of nitrogens with zero attached hydrogens (tertiary/aromatic N) is 3. The van der Waals surface area contributed by atoms with Gasteiger partial charge in [0.25, 0.3) is 5.56 Å². The van der Waals surface area contributed by atoms with Crippen LogP contribution in [-0.4, -0.2) is 35.1 Å². The van der Waals surface area contributed by atoms with Crippen LogP contribution in [0.1, 0.15) is 10.5 Å². The summed E-state index contributed by atoms with van der Waals surface area (Å²) in [7, 11) is 3.10. The summed E-state index contributed by atoms with van der Waals surface area (Å²) in [6.45, 7) is 0. The summed E-state index contributed by atoms with van der Waals surface area (Å²) >= 11 is 1.39. The van der Waals surface area contributed by atoms with Gasteiger partial charge in [-0.15, -0.1) is 11.3 Å². The average Bonchev–Trinajstić information content (AvgIpc) is 3.36. The minimum absolute atomic E-state index is 0.310. The fraction of sp³-hybridized carbons (Fsp3) is 0.0769. The van der Waals surface area contributed by atoms with Crippen LogP contribution in [-0.2, 0) is 4.74 Å². The highest BCUT2D eigenvalue weighted by atomic mass is 32.1. The Morgan fingerprint density at radius 2 is 1.83 bits per heavy atom. The molecule has 2 heterocycles. The van der Waals surface area contributed by atoms with Crippen molar-refractivity contribution >= 4 is 50.5 Å². The Hall–Kier alpha value is -4.57. The number of anilines is 4. The molecule has 0 aliphatic heterocycles. The van der Waals surface area contributed by atoms with Crippen molar-refractivity contribution in [3.63, 3.8) is 0 Å². The fourth-order valence-corrected chi connectivity index (χ4v) is 4.46. The van der Waals surface area contributed by atoms with E-state index in [1.165, 1.54) is 30.6 Å². The third kappa shape index (κ3) is 4.53. The highest BCUT2D eigenvalue weighted by Gasteiger charge is 2.18. The first-order valence-electron chi connectivity index (χ1n) is 10.9. The van der Waals surface area contributed by atoms with Gasteiger partial charge in [-0.1, -0.05) is 18.2 Å². The summed E-state index contributed by atoms with van der Waals surface area (Å²) in [6.07, 6.45) is 0. The van der Waals surface area contributed by atoms with Crippen LogP contribution in [0.2, 0.25) is 0 Å². The number of nitrogens with one attached hydrogen (secondary N) is 2. The van der Waals surface area contributed by atoms with Crippen molar-refractivity contribution in [1.82, 2.24) is 15.0 Å².